The SMILES string of the molecule is CCN1CCC(CNC(=O)[C@H]2CCCNC2)CC1. The van der Waals surface area contributed by atoms with Gasteiger partial charge in [0.15, 0.2) is 0 Å². The molecule has 0 aromatic rings. The lowest BCUT2D eigenvalue weighted by Crippen LogP contribution is -2.43. The summed E-state index contributed by atoms with van der Waals surface area (Å²) in [7, 11) is 0. The van der Waals surface area contributed by atoms with Crippen molar-refractivity contribution in [2.45, 2.75) is 32.6 Å². The topological polar surface area (TPSA) is 44.4 Å². The maximum atomic E-state index is 12.0. The number of piperidine rings is 2. The van der Waals surface area contributed by atoms with Gasteiger partial charge in [0.05, 0.1) is 5.92 Å². The second-order valence-corrected chi connectivity index (χ2v) is 5.67. The van der Waals surface area contributed by atoms with Crippen molar-refractivity contribution in [3.8, 4) is 0 Å². The van der Waals surface area contributed by atoms with Gasteiger partial charge in [-0.1, -0.05) is 6.92 Å². The molecule has 0 radical (unpaired) electrons. The van der Waals surface area contributed by atoms with E-state index in [-0.39, 0.29) is 11.8 Å². The van der Waals surface area contributed by atoms with E-state index in [2.05, 4.69) is 22.5 Å². The molecule has 2 heterocycles. The van der Waals surface area contributed by atoms with E-state index < -0.39 is 0 Å². The Hall–Kier alpha value is -0.610. The Labute approximate surface area is 110 Å². The van der Waals surface area contributed by atoms with Crippen molar-refractivity contribution in [3.05, 3.63) is 0 Å². The van der Waals surface area contributed by atoms with Crippen molar-refractivity contribution >= 4 is 5.91 Å². The number of carbonyl (C=O) groups excluding carboxylic acids is 1. The second kappa shape index (κ2) is 7.10. The summed E-state index contributed by atoms with van der Waals surface area (Å²) in [6.45, 7) is 8.58. The van der Waals surface area contributed by atoms with Crippen LogP contribution in [0.15, 0.2) is 0 Å². The van der Waals surface area contributed by atoms with E-state index in [1.54, 1.807) is 0 Å². The van der Waals surface area contributed by atoms with Gasteiger partial charge in [0.2, 0.25) is 5.91 Å². The maximum Gasteiger partial charge on any atom is 0.224 e. The zero-order valence-corrected chi connectivity index (χ0v) is 11.6. The first-order valence-corrected chi connectivity index (χ1v) is 7.50. The third-order valence-corrected chi connectivity index (χ3v) is 4.39. The minimum absolute atomic E-state index is 0.203. The highest BCUT2D eigenvalue weighted by molar-refractivity contribution is 5.78. The summed E-state index contributed by atoms with van der Waals surface area (Å²) in [6.07, 6.45) is 4.65. The van der Waals surface area contributed by atoms with E-state index in [0.717, 1.165) is 39.0 Å². The Morgan fingerprint density at radius 1 is 1.33 bits per heavy atom. The summed E-state index contributed by atoms with van der Waals surface area (Å²) in [4.78, 5) is 14.5. The third-order valence-electron chi connectivity index (χ3n) is 4.39. The highest BCUT2D eigenvalue weighted by Crippen LogP contribution is 2.16. The molecule has 2 aliphatic heterocycles. The van der Waals surface area contributed by atoms with Crippen LogP contribution in [0.25, 0.3) is 0 Å². The molecule has 4 heteroatoms. The number of nitrogens with zero attached hydrogens (tertiary/aromatic N) is 1. The standard InChI is InChI=1S/C14H27N3O/c1-2-17-8-5-12(6-9-17)10-16-14(18)13-4-3-7-15-11-13/h12-13,15H,2-11H2,1H3,(H,16,18)/t13-/m0/s1. The van der Waals surface area contributed by atoms with Crippen LogP contribution in [-0.4, -0.2) is 50.1 Å². The van der Waals surface area contributed by atoms with Crippen LogP contribution in [0.1, 0.15) is 32.6 Å². The minimum atomic E-state index is 0.203. The van der Waals surface area contributed by atoms with E-state index in [4.69, 9.17) is 0 Å². The van der Waals surface area contributed by atoms with E-state index in [0.29, 0.717) is 5.92 Å². The van der Waals surface area contributed by atoms with Gasteiger partial charge in [0, 0.05) is 13.1 Å². The van der Waals surface area contributed by atoms with Crippen LogP contribution >= 0.6 is 0 Å². The largest absolute Gasteiger partial charge is 0.356 e. The molecule has 0 aromatic heterocycles. The molecule has 2 aliphatic rings. The molecule has 0 unspecified atom stereocenters. The van der Waals surface area contributed by atoms with Crippen LogP contribution < -0.4 is 10.6 Å². The van der Waals surface area contributed by atoms with Crippen molar-refractivity contribution in [3.63, 3.8) is 0 Å². The van der Waals surface area contributed by atoms with Gasteiger partial charge in [-0.2, -0.15) is 0 Å². The van der Waals surface area contributed by atoms with Crippen LogP contribution in [0.2, 0.25) is 0 Å². The third kappa shape index (κ3) is 3.95. The Bertz CT molecular complexity index is 256. The second-order valence-electron chi connectivity index (χ2n) is 5.67. The van der Waals surface area contributed by atoms with Crippen LogP contribution in [0.4, 0.5) is 0 Å². The fourth-order valence-corrected chi connectivity index (χ4v) is 2.97. The van der Waals surface area contributed by atoms with Crippen LogP contribution in [-0.2, 0) is 4.79 Å². The number of hydrogen-bond donors (Lipinski definition) is 2. The fourth-order valence-electron chi connectivity index (χ4n) is 2.97. The molecule has 1 atom stereocenters. The average molecular weight is 253 g/mol. The van der Waals surface area contributed by atoms with Crippen molar-refractivity contribution in [1.29, 1.82) is 0 Å². The molecule has 2 saturated heterocycles. The molecule has 2 N–H and O–H groups in total. The predicted molar refractivity (Wildman–Crippen MR) is 73.4 cm³/mol. The fraction of sp³-hybridized carbons (Fsp3) is 0.929. The van der Waals surface area contributed by atoms with Crippen LogP contribution in [0.3, 0.4) is 0 Å². The number of nitrogens with one attached hydrogen (secondary N) is 2. The normalized spacial score (nSPS) is 27.1. The van der Waals surface area contributed by atoms with Gasteiger partial charge in [-0.3, -0.25) is 4.79 Å². The van der Waals surface area contributed by atoms with Gasteiger partial charge < -0.3 is 15.5 Å². The smallest absolute Gasteiger partial charge is 0.224 e. The van der Waals surface area contributed by atoms with E-state index in [1.165, 1.54) is 25.9 Å². The van der Waals surface area contributed by atoms with E-state index in [9.17, 15) is 4.79 Å². The first-order valence-electron chi connectivity index (χ1n) is 7.50. The van der Waals surface area contributed by atoms with Crippen molar-refractivity contribution in [2.75, 3.05) is 39.3 Å². The summed E-state index contributed by atoms with van der Waals surface area (Å²) in [5.74, 6) is 1.16. The van der Waals surface area contributed by atoms with E-state index in [1.807, 2.05) is 0 Å². The first-order chi connectivity index (χ1) is 8.79. The average Bonchev–Trinajstić information content (AvgIpc) is 2.46. The first kappa shape index (κ1) is 13.8. The number of hydrogen-bond acceptors (Lipinski definition) is 3. The van der Waals surface area contributed by atoms with E-state index >= 15 is 0 Å². The summed E-state index contributed by atoms with van der Waals surface area (Å²) >= 11 is 0. The number of amides is 1. The zero-order valence-electron chi connectivity index (χ0n) is 11.6. The molecule has 104 valence electrons. The highest BCUT2D eigenvalue weighted by Gasteiger charge is 2.23. The lowest BCUT2D eigenvalue weighted by Gasteiger charge is -2.31. The zero-order chi connectivity index (χ0) is 12.8. The quantitative estimate of drug-likeness (QED) is 0.780. The number of likely N-dealkylation sites (tertiary alicyclic amines) is 1. The molecule has 4 nitrogen and oxygen atoms in total. The molecule has 0 aliphatic carbocycles. The van der Waals surface area contributed by atoms with Crippen molar-refractivity contribution in [2.24, 2.45) is 11.8 Å². The number of rotatable bonds is 4. The van der Waals surface area contributed by atoms with Gasteiger partial charge in [-0.15, -0.1) is 0 Å². The molecule has 1 amide bonds. The highest BCUT2D eigenvalue weighted by atomic mass is 16.1. The molecular formula is C14H27N3O. The summed E-state index contributed by atoms with van der Waals surface area (Å²) in [5.41, 5.74) is 0. The van der Waals surface area contributed by atoms with Gasteiger partial charge >= 0.3 is 0 Å². The molecule has 18 heavy (non-hydrogen) atoms. The van der Waals surface area contributed by atoms with Gasteiger partial charge in [-0.05, 0) is 57.8 Å². The van der Waals surface area contributed by atoms with Gasteiger partial charge in [-0.25, -0.2) is 0 Å². The lowest BCUT2D eigenvalue weighted by atomic mass is 9.95. The summed E-state index contributed by atoms with van der Waals surface area (Å²) in [6, 6.07) is 0. The minimum Gasteiger partial charge on any atom is -0.356 e. The monoisotopic (exact) mass is 253 g/mol. The molecular weight excluding hydrogens is 226 g/mol. The summed E-state index contributed by atoms with van der Waals surface area (Å²) in [5, 5.41) is 6.46. The van der Waals surface area contributed by atoms with Gasteiger partial charge in [0.1, 0.15) is 0 Å². The lowest BCUT2D eigenvalue weighted by molar-refractivity contribution is -0.125. The molecule has 0 spiro atoms. The van der Waals surface area contributed by atoms with Crippen molar-refractivity contribution in [1.82, 2.24) is 15.5 Å². The summed E-state index contributed by atoms with van der Waals surface area (Å²) < 4.78 is 0. The Morgan fingerprint density at radius 3 is 2.72 bits per heavy atom. The van der Waals surface area contributed by atoms with Gasteiger partial charge in [0.25, 0.3) is 0 Å². The predicted octanol–water partition coefficient (Wildman–Crippen LogP) is 0.834. The Kier molecular flexibility index (Phi) is 5.45. The molecule has 2 rings (SSSR count). The Morgan fingerprint density at radius 2 is 2.11 bits per heavy atom. The molecule has 2 fully saturated rings. The Balaban J connectivity index is 1.63. The van der Waals surface area contributed by atoms with Crippen molar-refractivity contribution < 1.29 is 4.79 Å². The van der Waals surface area contributed by atoms with Crippen LogP contribution in [0, 0.1) is 11.8 Å². The molecule has 0 aromatic carbocycles. The number of carbonyl (C=O) groups is 1. The molecule has 0 bridgehead atoms. The maximum absolute atomic E-state index is 12.0. The van der Waals surface area contributed by atoms with Crippen LogP contribution in [0.5, 0.6) is 0 Å². The molecule has 0 saturated carbocycles.